The summed E-state index contributed by atoms with van der Waals surface area (Å²) in [4.78, 5) is 19.0. The van der Waals surface area contributed by atoms with Crippen molar-refractivity contribution >= 4 is 17.2 Å². The maximum absolute atomic E-state index is 12.2. The van der Waals surface area contributed by atoms with Crippen LogP contribution in [-0.4, -0.2) is 40.7 Å². The SMILES string of the molecule is C=C1OC(Oc2ncc(C(=O)NCCCCC(C)C)s2)CN1C(C)(C)C. The number of carbonyl (C=O) groups is 1. The van der Waals surface area contributed by atoms with Crippen LogP contribution in [0.1, 0.15) is 63.6 Å². The van der Waals surface area contributed by atoms with Gasteiger partial charge in [0.15, 0.2) is 5.88 Å². The highest BCUT2D eigenvalue weighted by Gasteiger charge is 2.35. The van der Waals surface area contributed by atoms with Crippen molar-refractivity contribution in [3.63, 3.8) is 0 Å². The molecule has 26 heavy (non-hydrogen) atoms. The maximum Gasteiger partial charge on any atom is 0.277 e. The van der Waals surface area contributed by atoms with Gasteiger partial charge in [0.2, 0.25) is 0 Å². The van der Waals surface area contributed by atoms with Gasteiger partial charge in [0.1, 0.15) is 4.88 Å². The lowest BCUT2D eigenvalue weighted by Crippen LogP contribution is -2.39. The highest BCUT2D eigenvalue weighted by Crippen LogP contribution is 2.30. The van der Waals surface area contributed by atoms with Crippen LogP contribution >= 0.6 is 11.3 Å². The molecule has 0 radical (unpaired) electrons. The van der Waals surface area contributed by atoms with Crippen LogP contribution in [0.4, 0.5) is 0 Å². The normalized spacial score (nSPS) is 17.5. The van der Waals surface area contributed by atoms with Gasteiger partial charge in [0.05, 0.1) is 12.7 Å². The molecule has 6 nitrogen and oxygen atoms in total. The summed E-state index contributed by atoms with van der Waals surface area (Å²) in [5.41, 5.74) is -0.0846. The van der Waals surface area contributed by atoms with E-state index in [9.17, 15) is 4.79 Å². The first-order valence-corrected chi connectivity index (χ1v) is 10.0. The van der Waals surface area contributed by atoms with Gasteiger partial charge in [-0.15, -0.1) is 0 Å². The van der Waals surface area contributed by atoms with E-state index >= 15 is 0 Å². The lowest BCUT2D eigenvalue weighted by atomic mass is 10.1. The van der Waals surface area contributed by atoms with Crippen molar-refractivity contribution in [3.05, 3.63) is 23.5 Å². The van der Waals surface area contributed by atoms with E-state index in [0.29, 0.717) is 35.0 Å². The van der Waals surface area contributed by atoms with E-state index < -0.39 is 6.29 Å². The molecule has 1 unspecified atom stereocenters. The van der Waals surface area contributed by atoms with Gasteiger partial charge in [-0.1, -0.05) is 38.0 Å². The molecule has 1 aromatic rings. The average Bonchev–Trinajstić information content (AvgIpc) is 3.13. The van der Waals surface area contributed by atoms with Crippen molar-refractivity contribution in [3.8, 4) is 5.19 Å². The Kier molecular flexibility index (Phi) is 6.92. The third-order valence-corrected chi connectivity index (χ3v) is 5.03. The van der Waals surface area contributed by atoms with Gasteiger partial charge in [-0.25, -0.2) is 4.98 Å². The number of carbonyl (C=O) groups excluding carboxylic acids is 1. The second kappa shape index (κ2) is 8.75. The number of aromatic nitrogens is 1. The van der Waals surface area contributed by atoms with Crippen LogP contribution in [0.2, 0.25) is 0 Å². The molecule has 1 aliphatic rings. The van der Waals surface area contributed by atoms with E-state index in [1.807, 2.05) is 0 Å². The van der Waals surface area contributed by atoms with Gasteiger partial charge in [0.25, 0.3) is 17.4 Å². The van der Waals surface area contributed by atoms with E-state index in [4.69, 9.17) is 9.47 Å². The summed E-state index contributed by atoms with van der Waals surface area (Å²) in [6, 6.07) is 0. The lowest BCUT2D eigenvalue weighted by Gasteiger charge is -2.31. The number of hydrogen-bond donors (Lipinski definition) is 1. The first-order chi connectivity index (χ1) is 12.2. The Balaban J connectivity index is 1.79. The Hall–Kier alpha value is -1.76. The largest absolute Gasteiger partial charge is 0.438 e. The zero-order valence-corrected chi connectivity index (χ0v) is 17.3. The molecule has 0 aliphatic carbocycles. The number of rotatable bonds is 8. The number of nitrogens with one attached hydrogen (secondary N) is 1. The maximum atomic E-state index is 12.2. The summed E-state index contributed by atoms with van der Waals surface area (Å²) >= 11 is 1.23. The second-order valence-corrected chi connectivity index (χ2v) is 8.97. The summed E-state index contributed by atoms with van der Waals surface area (Å²) < 4.78 is 11.4. The van der Waals surface area contributed by atoms with Gasteiger partial charge in [0, 0.05) is 12.1 Å². The summed E-state index contributed by atoms with van der Waals surface area (Å²) in [6.45, 7) is 15.9. The van der Waals surface area contributed by atoms with Crippen LogP contribution in [0.15, 0.2) is 18.7 Å². The number of ether oxygens (including phenoxy) is 2. The molecule has 1 N–H and O–H groups in total. The minimum atomic E-state index is -0.459. The molecular weight excluding hydrogens is 350 g/mol. The Labute approximate surface area is 160 Å². The van der Waals surface area contributed by atoms with E-state index in [-0.39, 0.29) is 11.4 Å². The fraction of sp³-hybridized carbons (Fsp3) is 0.684. The van der Waals surface area contributed by atoms with Gasteiger partial charge < -0.3 is 19.7 Å². The molecule has 0 aromatic carbocycles. The molecule has 1 amide bonds. The molecular formula is C19H31N3O3S. The van der Waals surface area contributed by atoms with Gasteiger partial charge >= 0.3 is 0 Å². The van der Waals surface area contributed by atoms with Crippen molar-refractivity contribution < 1.29 is 14.3 Å². The van der Waals surface area contributed by atoms with Crippen molar-refractivity contribution in [2.45, 2.75) is 65.7 Å². The first-order valence-electron chi connectivity index (χ1n) is 9.20. The number of hydrogen-bond acceptors (Lipinski definition) is 6. The predicted octanol–water partition coefficient (Wildman–Crippen LogP) is 4.01. The predicted molar refractivity (Wildman–Crippen MR) is 104 cm³/mol. The van der Waals surface area contributed by atoms with Crippen LogP contribution in [0, 0.1) is 5.92 Å². The number of amides is 1. The van der Waals surface area contributed by atoms with Crippen molar-refractivity contribution in [1.82, 2.24) is 15.2 Å². The first kappa shape index (κ1) is 20.6. The van der Waals surface area contributed by atoms with Crippen molar-refractivity contribution in [2.24, 2.45) is 5.92 Å². The van der Waals surface area contributed by atoms with Gasteiger partial charge in [-0.3, -0.25) is 4.79 Å². The smallest absolute Gasteiger partial charge is 0.277 e. The topological polar surface area (TPSA) is 63.7 Å². The van der Waals surface area contributed by atoms with Crippen LogP contribution < -0.4 is 10.1 Å². The third-order valence-electron chi connectivity index (χ3n) is 4.14. The zero-order valence-electron chi connectivity index (χ0n) is 16.5. The second-order valence-electron chi connectivity index (χ2n) is 7.98. The van der Waals surface area contributed by atoms with E-state index in [2.05, 4.69) is 56.4 Å². The van der Waals surface area contributed by atoms with Gasteiger partial charge in [-0.05, 0) is 39.7 Å². The highest BCUT2D eigenvalue weighted by molar-refractivity contribution is 7.15. The molecule has 0 saturated carbocycles. The highest BCUT2D eigenvalue weighted by atomic mass is 32.1. The van der Waals surface area contributed by atoms with Crippen LogP contribution in [0.5, 0.6) is 5.19 Å². The molecule has 146 valence electrons. The van der Waals surface area contributed by atoms with Crippen LogP contribution in [0.3, 0.4) is 0 Å². The van der Waals surface area contributed by atoms with Crippen LogP contribution in [-0.2, 0) is 4.74 Å². The summed E-state index contributed by atoms with van der Waals surface area (Å²) in [5, 5.41) is 3.37. The Morgan fingerprint density at radius 1 is 1.50 bits per heavy atom. The molecule has 1 aromatic heterocycles. The molecule has 2 rings (SSSR count). The molecule has 1 aliphatic heterocycles. The van der Waals surface area contributed by atoms with E-state index in [1.165, 1.54) is 17.8 Å². The summed E-state index contributed by atoms with van der Waals surface area (Å²) in [7, 11) is 0. The minimum absolute atomic E-state index is 0.0846. The lowest BCUT2D eigenvalue weighted by molar-refractivity contribution is -0.00479. The standard InChI is InChI=1S/C19H31N3O3S/c1-13(2)9-7-8-10-20-17(23)15-11-21-18(26-15)25-16-12-22(14(3)24-16)19(4,5)6/h11,13,16H,3,7-10,12H2,1-2,4-6H3,(H,20,23). The molecule has 1 fully saturated rings. The summed E-state index contributed by atoms with van der Waals surface area (Å²) in [5.74, 6) is 1.20. The minimum Gasteiger partial charge on any atom is -0.438 e. The fourth-order valence-corrected chi connectivity index (χ4v) is 3.43. The van der Waals surface area contributed by atoms with Crippen LogP contribution in [0.25, 0.3) is 0 Å². The average molecular weight is 382 g/mol. The molecule has 7 heteroatoms. The zero-order chi connectivity index (χ0) is 19.3. The number of unbranched alkanes of at least 4 members (excludes halogenated alkanes) is 1. The number of nitrogens with zero attached hydrogens (tertiary/aromatic N) is 2. The summed E-state index contributed by atoms with van der Waals surface area (Å²) in [6.07, 6.45) is 4.40. The quantitative estimate of drug-likeness (QED) is 0.690. The Morgan fingerprint density at radius 3 is 2.85 bits per heavy atom. The van der Waals surface area contributed by atoms with Crippen molar-refractivity contribution in [1.29, 1.82) is 0 Å². The Bertz CT molecular complexity index is 622. The Morgan fingerprint density at radius 2 is 2.23 bits per heavy atom. The van der Waals surface area contributed by atoms with Crippen molar-refractivity contribution in [2.75, 3.05) is 13.1 Å². The monoisotopic (exact) mass is 381 g/mol. The molecule has 0 bridgehead atoms. The van der Waals surface area contributed by atoms with Gasteiger partial charge in [-0.2, -0.15) is 0 Å². The molecule has 1 atom stereocenters. The van der Waals surface area contributed by atoms with E-state index in [0.717, 1.165) is 12.8 Å². The molecule has 0 spiro atoms. The molecule has 1 saturated heterocycles. The molecule has 2 heterocycles. The number of thiazole rings is 1. The van der Waals surface area contributed by atoms with E-state index in [1.54, 1.807) is 6.20 Å². The third kappa shape index (κ3) is 5.90. The fourth-order valence-electron chi connectivity index (χ4n) is 2.71.